The molecule has 0 bridgehead atoms. The second-order valence-electron chi connectivity index (χ2n) is 7.23. The van der Waals surface area contributed by atoms with E-state index in [0.29, 0.717) is 22.6 Å². The van der Waals surface area contributed by atoms with Crippen molar-refractivity contribution < 1.29 is 9.21 Å². The van der Waals surface area contributed by atoms with Gasteiger partial charge in [-0.3, -0.25) is 4.79 Å². The minimum Gasteiger partial charge on any atom is -0.454 e. The van der Waals surface area contributed by atoms with Crippen molar-refractivity contribution in [3.8, 4) is 23.2 Å². The number of nitrogens with zero attached hydrogens (tertiary/aromatic N) is 3. The highest BCUT2D eigenvalue weighted by Gasteiger charge is 2.18. The van der Waals surface area contributed by atoms with Crippen LogP contribution in [0.2, 0.25) is 0 Å². The van der Waals surface area contributed by atoms with Crippen molar-refractivity contribution in [2.24, 2.45) is 0 Å². The SMILES string of the molecule is N#CC(=Cc1cn(-c2ccccc2)nc1-c1cc2ccccc2o1)C(=O)c1ccccc1. The van der Waals surface area contributed by atoms with Gasteiger partial charge in [-0.2, -0.15) is 10.4 Å². The summed E-state index contributed by atoms with van der Waals surface area (Å²) in [7, 11) is 0. The van der Waals surface area contributed by atoms with Crippen molar-refractivity contribution in [3.63, 3.8) is 0 Å². The molecule has 0 saturated carbocycles. The summed E-state index contributed by atoms with van der Waals surface area (Å²) < 4.78 is 7.75. The van der Waals surface area contributed by atoms with Crippen LogP contribution in [-0.2, 0) is 0 Å². The summed E-state index contributed by atoms with van der Waals surface area (Å²) in [5, 5.41) is 15.4. The fraction of sp³-hybridized carbons (Fsp3) is 0. The second kappa shape index (κ2) is 8.21. The number of benzene rings is 3. The Labute approximate surface area is 184 Å². The summed E-state index contributed by atoms with van der Waals surface area (Å²) in [5.41, 5.74) is 3.26. The summed E-state index contributed by atoms with van der Waals surface area (Å²) in [6.07, 6.45) is 3.37. The molecule has 5 heteroatoms. The van der Waals surface area contributed by atoms with Gasteiger partial charge in [0.25, 0.3) is 0 Å². The molecule has 0 N–H and O–H groups in total. The van der Waals surface area contributed by atoms with Crippen LogP contribution in [0.4, 0.5) is 0 Å². The molecule has 0 saturated heterocycles. The van der Waals surface area contributed by atoms with Crippen LogP contribution < -0.4 is 0 Å². The Hall–Kier alpha value is -4.69. The lowest BCUT2D eigenvalue weighted by atomic mass is 10.0. The molecule has 0 atom stereocenters. The Morgan fingerprint density at radius 2 is 1.62 bits per heavy atom. The fourth-order valence-electron chi connectivity index (χ4n) is 3.55. The molecule has 0 aliphatic heterocycles. The van der Waals surface area contributed by atoms with Gasteiger partial charge in [-0.15, -0.1) is 0 Å². The summed E-state index contributed by atoms with van der Waals surface area (Å²) in [5.74, 6) is 0.229. The van der Waals surface area contributed by atoms with E-state index in [1.54, 1.807) is 41.2 Å². The first-order chi connectivity index (χ1) is 15.7. The molecular formula is C27H17N3O2. The van der Waals surface area contributed by atoms with Gasteiger partial charge in [0, 0.05) is 22.7 Å². The van der Waals surface area contributed by atoms with Crippen LogP contribution >= 0.6 is 0 Å². The quantitative estimate of drug-likeness (QED) is 0.198. The second-order valence-corrected chi connectivity index (χ2v) is 7.23. The van der Waals surface area contributed by atoms with Crippen LogP contribution in [0.1, 0.15) is 15.9 Å². The summed E-state index contributed by atoms with van der Waals surface area (Å²) >= 11 is 0. The molecule has 5 rings (SSSR count). The fourth-order valence-corrected chi connectivity index (χ4v) is 3.55. The lowest BCUT2D eigenvalue weighted by Crippen LogP contribution is -2.01. The van der Waals surface area contributed by atoms with E-state index in [9.17, 15) is 10.1 Å². The number of Topliss-reactive ketones (excluding diaryl/α,β-unsaturated/α-hetero) is 1. The van der Waals surface area contributed by atoms with E-state index in [4.69, 9.17) is 9.52 Å². The third kappa shape index (κ3) is 3.62. The van der Waals surface area contributed by atoms with Crippen LogP contribution in [0.15, 0.2) is 107 Å². The highest BCUT2D eigenvalue weighted by atomic mass is 16.3. The van der Waals surface area contributed by atoms with Gasteiger partial charge in [-0.05, 0) is 30.3 Å². The van der Waals surface area contributed by atoms with Crippen molar-refractivity contribution in [2.75, 3.05) is 0 Å². The first-order valence-electron chi connectivity index (χ1n) is 10.1. The summed E-state index contributed by atoms with van der Waals surface area (Å²) in [6.45, 7) is 0. The van der Waals surface area contributed by atoms with Gasteiger partial charge < -0.3 is 4.42 Å². The van der Waals surface area contributed by atoms with E-state index >= 15 is 0 Å². The van der Waals surface area contributed by atoms with Gasteiger partial charge in [0.05, 0.1) is 5.69 Å². The van der Waals surface area contributed by atoms with E-state index in [0.717, 1.165) is 16.7 Å². The lowest BCUT2D eigenvalue weighted by Gasteiger charge is -1.99. The number of hydrogen-bond acceptors (Lipinski definition) is 4. The van der Waals surface area contributed by atoms with Gasteiger partial charge >= 0.3 is 0 Å². The van der Waals surface area contributed by atoms with Crippen molar-refractivity contribution >= 4 is 22.8 Å². The average Bonchev–Trinajstić information content (AvgIpc) is 3.47. The van der Waals surface area contributed by atoms with Crippen molar-refractivity contribution in [2.45, 2.75) is 0 Å². The molecule has 152 valence electrons. The Kier molecular flexibility index (Phi) is 4.95. The van der Waals surface area contributed by atoms with Gasteiger partial charge in [0.15, 0.2) is 5.76 Å². The highest BCUT2D eigenvalue weighted by Crippen LogP contribution is 2.31. The maximum Gasteiger partial charge on any atom is 0.203 e. The summed E-state index contributed by atoms with van der Waals surface area (Å²) in [4.78, 5) is 12.9. The van der Waals surface area contributed by atoms with Crippen LogP contribution in [0.5, 0.6) is 0 Å². The van der Waals surface area contributed by atoms with Crippen LogP contribution in [0.25, 0.3) is 34.2 Å². The Morgan fingerprint density at radius 3 is 2.34 bits per heavy atom. The molecular weight excluding hydrogens is 398 g/mol. The summed E-state index contributed by atoms with van der Waals surface area (Å²) in [6, 6.07) is 30.1. The topological polar surface area (TPSA) is 71.8 Å². The number of furan rings is 1. The largest absolute Gasteiger partial charge is 0.454 e. The number of aromatic nitrogens is 2. The minimum atomic E-state index is -0.337. The predicted molar refractivity (Wildman–Crippen MR) is 123 cm³/mol. The monoisotopic (exact) mass is 415 g/mol. The number of carbonyl (C=O) groups is 1. The molecule has 0 fully saturated rings. The minimum absolute atomic E-state index is 0.0289. The molecule has 3 aromatic carbocycles. The van der Waals surface area contributed by atoms with Gasteiger partial charge in [0.2, 0.25) is 5.78 Å². The molecule has 0 aliphatic rings. The molecule has 5 aromatic rings. The molecule has 32 heavy (non-hydrogen) atoms. The standard InChI is InChI=1S/C27H17N3O2/c28-17-21(27(31)19-9-3-1-4-10-19)15-22-18-30(23-12-5-2-6-13-23)29-26(22)25-16-20-11-7-8-14-24(20)32-25/h1-16,18H. The van der Waals surface area contributed by atoms with Crippen molar-refractivity contribution in [1.82, 2.24) is 9.78 Å². The lowest BCUT2D eigenvalue weighted by molar-refractivity contribution is 0.104. The third-order valence-electron chi connectivity index (χ3n) is 5.12. The molecule has 5 nitrogen and oxygen atoms in total. The third-order valence-corrected chi connectivity index (χ3v) is 5.12. The van der Waals surface area contributed by atoms with E-state index in [2.05, 4.69) is 0 Å². The van der Waals surface area contributed by atoms with E-state index in [1.807, 2.05) is 72.8 Å². The molecule has 0 radical (unpaired) electrons. The first-order valence-corrected chi connectivity index (χ1v) is 10.1. The Morgan fingerprint density at radius 1 is 0.938 bits per heavy atom. The van der Waals surface area contributed by atoms with Crippen LogP contribution in [-0.4, -0.2) is 15.6 Å². The Balaban J connectivity index is 1.66. The van der Waals surface area contributed by atoms with Crippen LogP contribution in [0.3, 0.4) is 0 Å². The smallest absolute Gasteiger partial charge is 0.203 e. The molecule has 2 aromatic heterocycles. The number of fused-ring (bicyclic) bond motifs is 1. The zero-order valence-corrected chi connectivity index (χ0v) is 17.0. The number of hydrogen-bond donors (Lipinski definition) is 0. The number of nitriles is 1. The number of carbonyl (C=O) groups excluding carboxylic acids is 1. The number of para-hydroxylation sites is 2. The molecule has 0 amide bonds. The molecule has 2 heterocycles. The van der Waals surface area contributed by atoms with Gasteiger partial charge in [0.1, 0.15) is 22.9 Å². The maximum absolute atomic E-state index is 12.9. The number of allylic oxidation sites excluding steroid dienone is 1. The average molecular weight is 415 g/mol. The molecule has 0 aliphatic carbocycles. The van der Waals surface area contributed by atoms with Crippen molar-refractivity contribution in [3.05, 3.63) is 114 Å². The van der Waals surface area contributed by atoms with Gasteiger partial charge in [-0.1, -0.05) is 66.7 Å². The normalized spacial score (nSPS) is 11.4. The van der Waals surface area contributed by atoms with E-state index < -0.39 is 0 Å². The van der Waals surface area contributed by atoms with Crippen LogP contribution in [0, 0.1) is 11.3 Å². The maximum atomic E-state index is 12.9. The number of rotatable bonds is 5. The zero-order chi connectivity index (χ0) is 21.9. The zero-order valence-electron chi connectivity index (χ0n) is 17.0. The predicted octanol–water partition coefficient (Wildman–Crippen LogP) is 6.08. The Bertz CT molecular complexity index is 1450. The van der Waals surface area contributed by atoms with Gasteiger partial charge in [-0.25, -0.2) is 4.68 Å². The van der Waals surface area contributed by atoms with E-state index in [1.165, 1.54) is 0 Å². The van der Waals surface area contributed by atoms with E-state index in [-0.39, 0.29) is 11.4 Å². The molecule has 0 spiro atoms. The first kappa shape index (κ1) is 19.3. The molecule has 0 unspecified atom stereocenters. The number of ketones is 1. The highest BCUT2D eigenvalue weighted by molar-refractivity contribution is 6.14. The van der Waals surface area contributed by atoms with Crippen molar-refractivity contribution in [1.29, 1.82) is 5.26 Å².